The highest BCUT2D eigenvalue weighted by atomic mass is 16.3. The molecule has 0 amide bonds. The first-order valence-corrected chi connectivity index (χ1v) is 4.89. The van der Waals surface area contributed by atoms with Crippen LogP contribution >= 0.6 is 0 Å². The predicted molar refractivity (Wildman–Crippen MR) is 48.9 cm³/mol. The Labute approximate surface area is 74.6 Å². The van der Waals surface area contributed by atoms with Gasteiger partial charge in [-0.25, -0.2) is 0 Å². The van der Waals surface area contributed by atoms with Crippen molar-refractivity contribution < 1.29 is 10.2 Å². The average Bonchev–Trinajstić information content (AvgIpc) is 1.91. The van der Waals surface area contributed by atoms with E-state index in [1.165, 1.54) is 6.42 Å². The van der Waals surface area contributed by atoms with Crippen molar-refractivity contribution >= 4 is 0 Å². The smallest absolute Gasteiger partial charge is 0.0595 e. The van der Waals surface area contributed by atoms with Crippen LogP contribution in [0.15, 0.2) is 0 Å². The molecule has 1 fully saturated rings. The summed E-state index contributed by atoms with van der Waals surface area (Å²) in [5.74, 6) is 0.318. The molecule has 0 aliphatic heterocycles. The fraction of sp³-hybridized carbons (Fsp3) is 1.00. The second kappa shape index (κ2) is 3.75. The first-order valence-electron chi connectivity index (χ1n) is 4.89. The van der Waals surface area contributed by atoms with E-state index in [0.29, 0.717) is 5.92 Å². The number of hydrogen-bond acceptors (Lipinski definition) is 2. The zero-order valence-electron chi connectivity index (χ0n) is 8.08. The molecule has 72 valence electrons. The molecule has 2 heteroatoms. The molecule has 2 atom stereocenters. The molecule has 0 unspecified atom stereocenters. The summed E-state index contributed by atoms with van der Waals surface area (Å²) >= 11 is 0. The van der Waals surface area contributed by atoms with E-state index >= 15 is 0 Å². The Balaban J connectivity index is 2.39. The molecule has 0 bridgehead atoms. The maximum absolute atomic E-state index is 9.62. The lowest BCUT2D eigenvalue weighted by atomic mass is 9.80. The highest BCUT2D eigenvalue weighted by molar-refractivity contribution is 4.80. The van der Waals surface area contributed by atoms with E-state index in [0.717, 1.165) is 25.7 Å². The molecule has 12 heavy (non-hydrogen) atoms. The van der Waals surface area contributed by atoms with E-state index in [1.54, 1.807) is 0 Å². The van der Waals surface area contributed by atoms with Gasteiger partial charge in [0.25, 0.3) is 0 Å². The lowest BCUT2D eigenvalue weighted by molar-refractivity contribution is -0.00321. The van der Waals surface area contributed by atoms with Crippen LogP contribution in [-0.2, 0) is 0 Å². The van der Waals surface area contributed by atoms with Crippen molar-refractivity contribution in [2.24, 2.45) is 5.92 Å². The van der Waals surface area contributed by atoms with Crippen LogP contribution in [0.1, 0.15) is 46.0 Å². The van der Waals surface area contributed by atoms with E-state index < -0.39 is 5.60 Å². The van der Waals surface area contributed by atoms with E-state index in [4.69, 9.17) is 0 Å². The summed E-state index contributed by atoms with van der Waals surface area (Å²) in [4.78, 5) is 0. The van der Waals surface area contributed by atoms with Gasteiger partial charge in [-0.15, -0.1) is 0 Å². The van der Waals surface area contributed by atoms with Gasteiger partial charge in [0, 0.05) is 0 Å². The molecule has 1 aliphatic rings. The second-order valence-electron chi connectivity index (χ2n) is 4.63. The van der Waals surface area contributed by atoms with Gasteiger partial charge in [-0.3, -0.25) is 0 Å². The summed E-state index contributed by atoms with van der Waals surface area (Å²) in [5, 5.41) is 19.2. The Morgan fingerprint density at radius 1 is 1.25 bits per heavy atom. The minimum absolute atomic E-state index is 0.176. The zero-order chi connectivity index (χ0) is 9.19. The average molecular weight is 172 g/mol. The molecule has 1 saturated carbocycles. The SMILES string of the molecule is CC(C)(O)C[C@@H]1CCCC[C@@H]1O. The summed E-state index contributed by atoms with van der Waals surface area (Å²) in [6, 6.07) is 0. The van der Waals surface area contributed by atoms with Crippen molar-refractivity contribution in [2.75, 3.05) is 0 Å². The predicted octanol–water partition coefficient (Wildman–Crippen LogP) is 1.70. The summed E-state index contributed by atoms with van der Waals surface area (Å²) in [6.45, 7) is 3.63. The van der Waals surface area contributed by atoms with Crippen molar-refractivity contribution in [2.45, 2.75) is 57.7 Å². The molecular weight excluding hydrogens is 152 g/mol. The van der Waals surface area contributed by atoms with Crippen LogP contribution in [0.4, 0.5) is 0 Å². The van der Waals surface area contributed by atoms with Crippen LogP contribution in [0.2, 0.25) is 0 Å². The van der Waals surface area contributed by atoms with Crippen molar-refractivity contribution in [1.82, 2.24) is 0 Å². The largest absolute Gasteiger partial charge is 0.393 e. The third-order valence-electron chi connectivity index (χ3n) is 2.63. The molecule has 1 rings (SSSR count). The molecule has 0 saturated heterocycles. The fourth-order valence-corrected chi connectivity index (χ4v) is 2.07. The van der Waals surface area contributed by atoms with Crippen LogP contribution in [0.3, 0.4) is 0 Å². The zero-order valence-corrected chi connectivity index (χ0v) is 8.08. The van der Waals surface area contributed by atoms with Crippen molar-refractivity contribution in [3.63, 3.8) is 0 Å². The maximum Gasteiger partial charge on any atom is 0.0595 e. The van der Waals surface area contributed by atoms with Gasteiger partial charge >= 0.3 is 0 Å². The van der Waals surface area contributed by atoms with Crippen molar-refractivity contribution in [1.29, 1.82) is 0 Å². The first kappa shape index (κ1) is 10.0. The number of aliphatic hydroxyl groups is 2. The number of rotatable bonds is 2. The van der Waals surface area contributed by atoms with Gasteiger partial charge in [-0.05, 0) is 39.0 Å². The highest BCUT2D eigenvalue weighted by Gasteiger charge is 2.28. The molecule has 0 aromatic rings. The van der Waals surface area contributed by atoms with E-state index in [1.807, 2.05) is 13.8 Å². The van der Waals surface area contributed by atoms with Crippen LogP contribution in [0.5, 0.6) is 0 Å². The molecular formula is C10H20O2. The summed E-state index contributed by atoms with van der Waals surface area (Å²) < 4.78 is 0. The van der Waals surface area contributed by atoms with Gasteiger partial charge in [0.2, 0.25) is 0 Å². The van der Waals surface area contributed by atoms with Gasteiger partial charge in [0.15, 0.2) is 0 Å². The highest BCUT2D eigenvalue weighted by Crippen LogP contribution is 2.30. The van der Waals surface area contributed by atoms with Crippen LogP contribution < -0.4 is 0 Å². The van der Waals surface area contributed by atoms with Gasteiger partial charge < -0.3 is 10.2 Å². The molecule has 0 aromatic carbocycles. The summed E-state index contributed by atoms with van der Waals surface area (Å²) in [6.07, 6.45) is 4.90. The Morgan fingerprint density at radius 2 is 1.83 bits per heavy atom. The molecule has 1 aliphatic carbocycles. The van der Waals surface area contributed by atoms with Gasteiger partial charge in [0.1, 0.15) is 0 Å². The summed E-state index contributed by atoms with van der Waals surface area (Å²) in [5.41, 5.74) is -0.622. The van der Waals surface area contributed by atoms with E-state index in [9.17, 15) is 10.2 Å². The Bertz CT molecular complexity index is 137. The normalized spacial score (nSPS) is 32.0. The lowest BCUT2D eigenvalue weighted by Crippen LogP contribution is -2.32. The topological polar surface area (TPSA) is 40.5 Å². The van der Waals surface area contributed by atoms with Crippen LogP contribution in [0, 0.1) is 5.92 Å². The third kappa shape index (κ3) is 3.11. The first-order chi connectivity index (χ1) is 5.49. The summed E-state index contributed by atoms with van der Waals surface area (Å²) in [7, 11) is 0. The number of aliphatic hydroxyl groups excluding tert-OH is 1. The van der Waals surface area contributed by atoms with Crippen LogP contribution in [0.25, 0.3) is 0 Å². The molecule has 2 N–H and O–H groups in total. The van der Waals surface area contributed by atoms with Gasteiger partial charge in [-0.2, -0.15) is 0 Å². The molecule has 0 spiro atoms. The third-order valence-corrected chi connectivity index (χ3v) is 2.63. The standard InChI is InChI=1S/C10H20O2/c1-10(2,12)7-8-5-3-4-6-9(8)11/h8-9,11-12H,3-7H2,1-2H3/t8-,9-/m0/s1. The van der Waals surface area contributed by atoms with Gasteiger partial charge in [0.05, 0.1) is 11.7 Å². The quantitative estimate of drug-likeness (QED) is 0.665. The van der Waals surface area contributed by atoms with Crippen molar-refractivity contribution in [3.8, 4) is 0 Å². The molecule has 0 aromatic heterocycles. The molecule has 0 radical (unpaired) electrons. The van der Waals surface area contributed by atoms with E-state index in [2.05, 4.69) is 0 Å². The minimum atomic E-state index is -0.622. The lowest BCUT2D eigenvalue weighted by Gasteiger charge is -2.31. The van der Waals surface area contributed by atoms with Gasteiger partial charge in [-0.1, -0.05) is 12.8 Å². The minimum Gasteiger partial charge on any atom is -0.393 e. The van der Waals surface area contributed by atoms with E-state index in [-0.39, 0.29) is 6.10 Å². The fourth-order valence-electron chi connectivity index (χ4n) is 2.07. The van der Waals surface area contributed by atoms with Crippen molar-refractivity contribution in [3.05, 3.63) is 0 Å². The second-order valence-corrected chi connectivity index (χ2v) is 4.63. The number of hydrogen-bond donors (Lipinski definition) is 2. The Morgan fingerprint density at radius 3 is 2.33 bits per heavy atom. The van der Waals surface area contributed by atoms with Crippen LogP contribution in [-0.4, -0.2) is 21.9 Å². The Hall–Kier alpha value is -0.0800. The monoisotopic (exact) mass is 172 g/mol. The Kier molecular flexibility index (Phi) is 3.13. The maximum atomic E-state index is 9.62. The molecule has 0 heterocycles. The molecule has 2 nitrogen and oxygen atoms in total.